The lowest BCUT2D eigenvalue weighted by Gasteiger charge is -2.12. The van der Waals surface area contributed by atoms with Crippen LogP contribution in [0.1, 0.15) is 5.56 Å². The summed E-state index contributed by atoms with van der Waals surface area (Å²) in [5.74, 6) is 1.73. The number of halogens is 1. The molecule has 2 nitrogen and oxygen atoms in total. The molecule has 0 aromatic heterocycles. The highest BCUT2D eigenvalue weighted by Crippen LogP contribution is 2.29. The highest BCUT2D eigenvalue weighted by atomic mass is 79.9. The van der Waals surface area contributed by atoms with E-state index in [2.05, 4.69) is 45.7 Å². The normalized spacial score (nSPS) is 10.5. The van der Waals surface area contributed by atoms with E-state index in [1.54, 1.807) is 11.8 Å². The number of benzene rings is 2. The van der Waals surface area contributed by atoms with E-state index in [4.69, 9.17) is 4.74 Å². The molecule has 100 valence electrons. The molecule has 0 radical (unpaired) electrons. The third-order valence-corrected chi connectivity index (χ3v) is 3.92. The van der Waals surface area contributed by atoms with Crippen molar-refractivity contribution in [2.24, 2.45) is 0 Å². The van der Waals surface area contributed by atoms with Gasteiger partial charge in [0.15, 0.2) is 0 Å². The zero-order chi connectivity index (χ0) is 13.7. The average Bonchev–Trinajstić information content (AvgIpc) is 2.43. The molecule has 0 aliphatic heterocycles. The largest absolute Gasteiger partial charge is 0.457 e. The Labute approximate surface area is 126 Å². The Balaban J connectivity index is 2.23. The van der Waals surface area contributed by atoms with Crippen molar-refractivity contribution in [3.05, 3.63) is 52.5 Å². The van der Waals surface area contributed by atoms with Crippen LogP contribution in [0, 0.1) is 0 Å². The summed E-state index contributed by atoms with van der Waals surface area (Å²) in [6.07, 6.45) is 2.06. The fraction of sp³-hybridized carbons (Fsp3) is 0.200. The van der Waals surface area contributed by atoms with Gasteiger partial charge >= 0.3 is 0 Å². The van der Waals surface area contributed by atoms with Gasteiger partial charge in [0.1, 0.15) is 11.5 Å². The van der Waals surface area contributed by atoms with E-state index in [0.717, 1.165) is 28.1 Å². The SMILES string of the molecule is CNCc1ccc(Br)cc1Oc1ccc(SC)cc1. The Bertz CT molecular complexity index is 542. The fourth-order valence-corrected chi connectivity index (χ4v) is 2.48. The van der Waals surface area contributed by atoms with Crippen LogP contribution in [0.25, 0.3) is 0 Å². The second kappa shape index (κ2) is 6.98. The minimum Gasteiger partial charge on any atom is -0.457 e. The van der Waals surface area contributed by atoms with Crippen molar-refractivity contribution in [3.8, 4) is 11.5 Å². The fourth-order valence-electron chi connectivity index (χ4n) is 1.73. The van der Waals surface area contributed by atoms with Gasteiger partial charge < -0.3 is 10.1 Å². The molecule has 0 bridgehead atoms. The maximum Gasteiger partial charge on any atom is 0.133 e. The van der Waals surface area contributed by atoms with Gasteiger partial charge in [-0.2, -0.15) is 0 Å². The quantitative estimate of drug-likeness (QED) is 0.800. The maximum atomic E-state index is 5.96. The van der Waals surface area contributed by atoms with Crippen LogP contribution in [-0.4, -0.2) is 13.3 Å². The lowest BCUT2D eigenvalue weighted by atomic mass is 10.2. The Hall–Kier alpha value is -0.970. The summed E-state index contributed by atoms with van der Waals surface area (Å²) in [4.78, 5) is 1.23. The summed E-state index contributed by atoms with van der Waals surface area (Å²) in [5.41, 5.74) is 1.14. The van der Waals surface area contributed by atoms with E-state index in [1.807, 2.05) is 31.3 Å². The number of ether oxygens (including phenoxy) is 1. The molecule has 4 heteroatoms. The molecule has 2 rings (SSSR count). The highest BCUT2D eigenvalue weighted by Gasteiger charge is 2.05. The second-order valence-electron chi connectivity index (χ2n) is 4.06. The first-order valence-electron chi connectivity index (χ1n) is 5.98. The zero-order valence-electron chi connectivity index (χ0n) is 10.9. The molecular formula is C15H16BrNOS. The van der Waals surface area contributed by atoms with Gasteiger partial charge in [-0.1, -0.05) is 22.0 Å². The van der Waals surface area contributed by atoms with Crippen LogP contribution in [0.3, 0.4) is 0 Å². The van der Waals surface area contributed by atoms with Crippen LogP contribution in [0.2, 0.25) is 0 Å². The van der Waals surface area contributed by atoms with Gasteiger partial charge in [0.25, 0.3) is 0 Å². The van der Waals surface area contributed by atoms with Crippen molar-refractivity contribution in [1.29, 1.82) is 0 Å². The number of thioether (sulfide) groups is 1. The summed E-state index contributed by atoms with van der Waals surface area (Å²) in [7, 11) is 1.93. The van der Waals surface area contributed by atoms with E-state index < -0.39 is 0 Å². The Morgan fingerprint density at radius 1 is 1.16 bits per heavy atom. The predicted molar refractivity (Wildman–Crippen MR) is 85.2 cm³/mol. The highest BCUT2D eigenvalue weighted by molar-refractivity contribution is 9.10. The summed E-state index contributed by atoms with van der Waals surface area (Å²) < 4.78 is 6.98. The van der Waals surface area contributed by atoms with E-state index in [-0.39, 0.29) is 0 Å². The first-order chi connectivity index (χ1) is 9.22. The van der Waals surface area contributed by atoms with E-state index in [1.165, 1.54) is 4.90 Å². The van der Waals surface area contributed by atoms with Gasteiger partial charge in [-0.15, -0.1) is 11.8 Å². The van der Waals surface area contributed by atoms with Crippen LogP contribution >= 0.6 is 27.7 Å². The number of nitrogens with one attached hydrogen (secondary N) is 1. The lowest BCUT2D eigenvalue weighted by Crippen LogP contribution is -2.06. The molecule has 0 amide bonds. The second-order valence-corrected chi connectivity index (χ2v) is 5.86. The Morgan fingerprint density at radius 3 is 2.53 bits per heavy atom. The third-order valence-electron chi connectivity index (χ3n) is 2.68. The molecule has 0 aliphatic carbocycles. The average molecular weight is 338 g/mol. The van der Waals surface area contributed by atoms with Crippen molar-refractivity contribution in [1.82, 2.24) is 5.32 Å². The van der Waals surface area contributed by atoms with E-state index in [0.29, 0.717) is 0 Å². The first-order valence-corrected chi connectivity index (χ1v) is 7.99. The molecule has 0 heterocycles. The van der Waals surface area contributed by atoms with Crippen molar-refractivity contribution in [2.45, 2.75) is 11.4 Å². The van der Waals surface area contributed by atoms with Gasteiger partial charge in [0, 0.05) is 21.5 Å². The van der Waals surface area contributed by atoms with Gasteiger partial charge in [-0.3, -0.25) is 0 Å². The zero-order valence-corrected chi connectivity index (χ0v) is 13.3. The van der Waals surface area contributed by atoms with E-state index in [9.17, 15) is 0 Å². The summed E-state index contributed by atoms with van der Waals surface area (Å²) >= 11 is 5.20. The van der Waals surface area contributed by atoms with Gasteiger partial charge in [0.05, 0.1) is 0 Å². The molecule has 1 N–H and O–H groups in total. The predicted octanol–water partition coefficient (Wildman–Crippen LogP) is 4.68. The van der Waals surface area contributed by atoms with Crippen molar-refractivity contribution in [3.63, 3.8) is 0 Å². The number of rotatable bonds is 5. The Morgan fingerprint density at radius 2 is 1.89 bits per heavy atom. The lowest BCUT2D eigenvalue weighted by molar-refractivity contribution is 0.473. The molecule has 2 aromatic rings. The van der Waals surface area contributed by atoms with Crippen LogP contribution < -0.4 is 10.1 Å². The van der Waals surface area contributed by atoms with Gasteiger partial charge in [-0.25, -0.2) is 0 Å². The molecule has 0 fully saturated rings. The maximum absolute atomic E-state index is 5.96. The molecule has 0 atom stereocenters. The van der Waals surface area contributed by atoms with E-state index >= 15 is 0 Å². The van der Waals surface area contributed by atoms with Crippen LogP contribution in [-0.2, 0) is 6.54 Å². The van der Waals surface area contributed by atoms with Crippen molar-refractivity contribution in [2.75, 3.05) is 13.3 Å². The standard InChI is InChI=1S/C15H16BrNOS/c1-17-10-11-3-4-12(16)9-15(11)18-13-5-7-14(19-2)8-6-13/h3-9,17H,10H2,1-2H3. The summed E-state index contributed by atoms with van der Waals surface area (Å²) in [6, 6.07) is 14.2. The molecular weight excluding hydrogens is 322 g/mol. The first kappa shape index (κ1) is 14.4. The smallest absolute Gasteiger partial charge is 0.133 e. The molecule has 0 saturated carbocycles. The third kappa shape index (κ3) is 4.00. The summed E-state index contributed by atoms with van der Waals surface area (Å²) in [5, 5.41) is 3.15. The topological polar surface area (TPSA) is 21.3 Å². The van der Waals surface area contributed by atoms with Crippen LogP contribution in [0.15, 0.2) is 51.8 Å². The van der Waals surface area contributed by atoms with Gasteiger partial charge in [0.2, 0.25) is 0 Å². The molecule has 2 aromatic carbocycles. The number of hydrogen-bond acceptors (Lipinski definition) is 3. The molecule has 0 spiro atoms. The van der Waals surface area contributed by atoms with Crippen molar-refractivity contribution >= 4 is 27.7 Å². The molecule has 19 heavy (non-hydrogen) atoms. The number of hydrogen-bond donors (Lipinski definition) is 1. The summed E-state index contributed by atoms with van der Waals surface area (Å²) in [6.45, 7) is 0.783. The van der Waals surface area contributed by atoms with Crippen LogP contribution in [0.5, 0.6) is 11.5 Å². The minimum absolute atomic E-state index is 0.783. The van der Waals surface area contributed by atoms with Crippen LogP contribution in [0.4, 0.5) is 0 Å². The molecule has 0 saturated heterocycles. The Kier molecular flexibility index (Phi) is 5.31. The monoisotopic (exact) mass is 337 g/mol. The molecule has 0 aliphatic rings. The molecule has 0 unspecified atom stereocenters. The minimum atomic E-state index is 0.783. The van der Waals surface area contributed by atoms with Gasteiger partial charge in [-0.05, 0) is 49.7 Å². The van der Waals surface area contributed by atoms with Crippen molar-refractivity contribution < 1.29 is 4.74 Å².